The lowest BCUT2D eigenvalue weighted by Crippen LogP contribution is -2.23. The fraction of sp³-hybridized carbons (Fsp3) is 0.211. The minimum absolute atomic E-state index is 0.146. The van der Waals surface area contributed by atoms with Gasteiger partial charge in [0.1, 0.15) is 18.1 Å². The number of phenols is 1. The molecule has 2 rings (SSSR count). The Kier molecular flexibility index (Phi) is 8.29. The molecule has 0 bridgehead atoms. The number of aryl methyl sites for hydroxylation is 1. The van der Waals surface area contributed by atoms with Gasteiger partial charge >= 0.3 is 0 Å². The Morgan fingerprint density at radius 2 is 2.12 bits per heavy atom. The molecule has 0 unspecified atom stereocenters. The number of halogens is 1. The van der Waals surface area contributed by atoms with Gasteiger partial charge < -0.3 is 15.2 Å². The molecule has 2 aromatic carbocycles. The average molecular weight is 376 g/mol. The number of nitrogens with two attached hydrogens (primary N) is 1. The van der Waals surface area contributed by atoms with Crippen molar-refractivity contribution < 1.29 is 14.6 Å². The molecular formula is C19H22ClN3O3. The molecule has 0 aromatic heterocycles. The predicted octanol–water partition coefficient (Wildman–Crippen LogP) is 2.90. The Morgan fingerprint density at radius 1 is 1.46 bits per heavy atom. The molecule has 0 saturated heterocycles. The molecule has 0 aliphatic rings. The van der Waals surface area contributed by atoms with E-state index in [-0.39, 0.29) is 5.75 Å². The van der Waals surface area contributed by atoms with E-state index in [1.807, 2.05) is 25.2 Å². The number of phenolic OH excluding ortho intramolecular Hbond substituents is 1. The molecule has 138 valence electrons. The second-order valence-corrected chi connectivity index (χ2v) is 5.76. The van der Waals surface area contributed by atoms with Crippen molar-refractivity contribution in [2.75, 3.05) is 19.4 Å². The molecule has 0 atom stereocenters. The van der Waals surface area contributed by atoms with Crippen LogP contribution in [0.4, 0.5) is 5.69 Å². The van der Waals surface area contributed by atoms with Gasteiger partial charge in [0.2, 0.25) is 6.41 Å². The largest absolute Gasteiger partial charge is 0.508 e. The van der Waals surface area contributed by atoms with Crippen LogP contribution < -0.4 is 15.9 Å². The first-order chi connectivity index (χ1) is 12.3. The van der Waals surface area contributed by atoms with E-state index in [0.29, 0.717) is 29.4 Å². The summed E-state index contributed by atoms with van der Waals surface area (Å²) in [5.41, 5.74) is 3.28. The standard InChI is InChI=1S/C17H16ClNO2.C2H6N2O/c1-4-12-6-5-7-15(19-3)13(12)10-21-17-8-11(2)16(20)9-14(17)18;1-4(3)2-5/h1,5-9,19-20H,10H2,2-3H3;2H,3H2,1H3. The van der Waals surface area contributed by atoms with Crippen LogP contribution in [0.1, 0.15) is 16.7 Å². The average Bonchev–Trinajstić information content (AvgIpc) is 2.63. The molecule has 7 heteroatoms. The molecule has 0 aliphatic carbocycles. The lowest BCUT2D eigenvalue weighted by atomic mass is 10.1. The molecule has 26 heavy (non-hydrogen) atoms. The zero-order chi connectivity index (χ0) is 19.7. The number of anilines is 1. The number of amides is 1. The van der Waals surface area contributed by atoms with E-state index >= 15 is 0 Å². The van der Waals surface area contributed by atoms with Gasteiger partial charge in [0.25, 0.3) is 0 Å². The molecule has 0 saturated carbocycles. The third-order valence-corrected chi connectivity index (χ3v) is 3.68. The van der Waals surface area contributed by atoms with Crippen molar-refractivity contribution in [1.82, 2.24) is 5.01 Å². The molecule has 2 aromatic rings. The highest BCUT2D eigenvalue weighted by Gasteiger charge is 2.10. The summed E-state index contributed by atoms with van der Waals surface area (Å²) >= 11 is 6.07. The molecule has 0 fully saturated rings. The van der Waals surface area contributed by atoms with Crippen molar-refractivity contribution in [2.24, 2.45) is 5.84 Å². The Hall–Kier alpha value is -2.88. The zero-order valence-electron chi connectivity index (χ0n) is 14.9. The summed E-state index contributed by atoms with van der Waals surface area (Å²) in [4.78, 5) is 9.31. The van der Waals surface area contributed by atoms with E-state index < -0.39 is 0 Å². The van der Waals surface area contributed by atoms with Crippen molar-refractivity contribution in [3.8, 4) is 23.8 Å². The first-order valence-electron chi connectivity index (χ1n) is 7.65. The maximum Gasteiger partial charge on any atom is 0.223 e. The normalized spacial score (nSPS) is 9.38. The Morgan fingerprint density at radius 3 is 2.65 bits per heavy atom. The van der Waals surface area contributed by atoms with E-state index in [2.05, 4.69) is 11.2 Å². The van der Waals surface area contributed by atoms with Gasteiger partial charge in [-0.2, -0.15) is 0 Å². The summed E-state index contributed by atoms with van der Waals surface area (Å²) in [7, 11) is 3.30. The minimum Gasteiger partial charge on any atom is -0.508 e. The van der Waals surface area contributed by atoms with Crippen LogP contribution in [0.25, 0.3) is 0 Å². The van der Waals surface area contributed by atoms with Gasteiger partial charge in [-0.1, -0.05) is 23.6 Å². The summed E-state index contributed by atoms with van der Waals surface area (Å²) in [6.45, 7) is 2.08. The summed E-state index contributed by atoms with van der Waals surface area (Å²) in [6, 6.07) is 8.86. The van der Waals surface area contributed by atoms with Crippen LogP contribution in [-0.2, 0) is 11.4 Å². The van der Waals surface area contributed by atoms with Gasteiger partial charge in [-0.25, -0.2) is 5.84 Å². The topological polar surface area (TPSA) is 87.8 Å². The molecule has 0 aliphatic heterocycles. The number of hydrazine groups is 1. The van der Waals surface area contributed by atoms with E-state index in [1.54, 1.807) is 13.0 Å². The molecule has 1 amide bonds. The number of rotatable bonds is 5. The number of nitrogens with one attached hydrogen (secondary N) is 1. The van der Waals surface area contributed by atoms with Gasteiger partial charge in [0.15, 0.2) is 0 Å². The monoisotopic (exact) mass is 375 g/mol. The number of nitrogens with zero attached hydrogens (tertiary/aromatic N) is 1. The van der Waals surface area contributed by atoms with Crippen molar-refractivity contribution in [2.45, 2.75) is 13.5 Å². The predicted molar refractivity (Wildman–Crippen MR) is 104 cm³/mol. The summed E-state index contributed by atoms with van der Waals surface area (Å²) in [5.74, 6) is 8.07. The lowest BCUT2D eigenvalue weighted by molar-refractivity contribution is -0.117. The molecule has 0 radical (unpaired) electrons. The van der Waals surface area contributed by atoms with Crippen LogP contribution in [0.15, 0.2) is 30.3 Å². The number of terminal acetylenes is 1. The van der Waals surface area contributed by atoms with E-state index in [4.69, 9.17) is 28.6 Å². The Balaban J connectivity index is 0.000000597. The van der Waals surface area contributed by atoms with Gasteiger partial charge in [0.05, 0.1) is 5.02 Å². The first kappa shape index (κ1) is 21.2. The summed E-state index contributed by atoms with van der Waals surface area (Å²) in [6.07, 6.45) is 6.05. The summed E-state index contributed by atoms with van der Waals surface area (Å²) < 4.78 is 5.77. The van der Waals surface area contributed by atoms with Crippen LogP contribution in [-0.4, -0.2) is 30.6 Å². The van der Waals surface area contributed by atoms with Crippen LogP contribution in [0.5, 0.6) is 11.5 Å². The highest BCUT2D eigenvalue weighted by molar-refractivity contribution is 6.32. The molecule has 0 heterocycles. The highest BCUT2D eigenvalue weighted by atomic mass is 35.5. The van der Waals surface area contributed by atoms with Gasteiger partial charge in [0, 0.05) is 37.0 Å². The molecule has 0 spiro atoms. The number of ether oxygens (including phenoxy) is 1. The van der Waals surface area contributed by atoms with Crippen LogP contribution in [0.2, 0.25) is 5.02 Å². The molecule has 4 N–H and O–H groups in total. The Labute approximate surface area is 158 Å². The van der Waals surface area contributed by atoms with Crippen molar-refractivity contribution in [3.63, 3.8) is 0 Å². The van der Waals surface area contributed by atoms with Crippen molar-refractivity contribution in [1.29, 1.82) is 0 Å². The molecule has 6 nitrogen and oxygen atoms in total. The van der Waals surface area contributed by atoms with Gasteiger partial charge in [-0.15, -0.1) is 6.42 Å². The third-order valence-electron chi connectivity index (χ3n) is 3.39. The van der Waals surface area contributed by atoms with Crippen molar-refractivity contribution >= 4 is 23.7 Å². The minimum atomic E-state index is 0.146. The van der Waals surface area contributed by atoms with Crippen LogP contribution >= 0.6 is 11.6 Å². The first-order valence-corrected chi connectivity index (χ1v) is 8.02. The van der Waals surface area contributed by atoms with E-state index in [0.717, 1.165) is 21.8 Å². The van der Waals surface area contributed by atoms with Crippen LogP contribution in [0, 0.1) is 19.3 Å². The second kappa shape index (κ2) is 10.2. The van der Waals surface area contributed by atoms with E-state index in [1.165, 1.54) is 13.1 Å². The fourth-order valence-corrected chi connectivity index (χ4v) is 2.23. The van der Waals surface area contributed by atoms with Gasteiger partial charge in [-0.05, 0) is 30.7 Å². The number of hydrogen-bond acceptors (Lipinski definition) is 5. The number of hydrogen-bond donors (Lipinski definition) is 3. The highest BCUT2D eigenvalue weighted by Crippen LogP contribution is 2.32. The smallest absolute Gasteiger partial charge is 0.223 e. The lowest BCUT2D eigenvalue weighted by Gasteiger charge is -2.14. The summed E-state index contributed by atoms with van der Waals surface area (Å²) in [5, 5.41) is 14.0. The van der Waals surface area contributed by atoms with Gasteiger partial charge in [-0.3, -0.25) is 9.80 Å². The maximum atomic E-state index is 9.60. The Bertz CT molecular complexity index is 801. The molecular weight excluding hydrogens is 354 g/mol. The SMILES string of the molecule is C#Cc1cccc(NC)c1COc1cc(C)c(O)cc1Cl.CN(N)C=O. The third kappa shape index (κ3) is 5.88. The van der Waals surface area contributed by atoms with Crippen molar-refractivity contribution in [3.05, 3.63) is 52.0 Å². The number of aromatic hydroxyl groups is 1. The van der Waals surface area contributed by atoms with E-state index in [9.17, 15) is 9.90 Å². The van der Waals surface area contributed by atoms with Crippen LogP contribution in [0.3, 0.4) is 0 Å². The number of carbonyl (C=O) groups is 1. The zero-order valence-corrected chi connectivity index (χ0v) is 15.7. The number of carbonyl (C=O) groups excluding carboxylic acids is 1. The fourth-order valence-electron chi connectivity index (χ4n) is 2.02. The second-order valence-electron chi connectivity index (χ2n) is 5.35. The number of benzene rings is 2. The quantitative estimate of drug-likeness (QED) is 0.246. The maximum absolute atomic E-state index is 9.60.